The molecule has 0 atom stereocenters. The number of nitrogens with zero attached hydrogens (tertiary/aromatic N) is 4. The first kappa shape index (κ1) is 34.8. The van der Waals surface area contributed by atoms with E-state index in [9.17, 15) is 4.79 Å². The largest absolute Gasteiger partial charge is 0.481 e. The van der Waals surface area contributed by atoms with E-state index >= 15 is 0 Å². The predicted molar refractivity (Wildman–Crippen MR) is 155 cm³/mol. The first-order chi connectivity index (χ1) is 16.9. The van der Waals surface area contributed by atoms with E-state index in [-0.39, 0.29) is 13.0 Å². The average Bonchev–Trinajstić information content (AvgIpc) is 2.86. The van der Waals surface area contributed by atoms with Gasteiger partial charge in [-0.15, -0.1) is 0 Å². The summed E-state index contributed by atoms with van der Waals surface area (Å²) >= 11 is 0. The maximum absolute atomic E-state index is 10.6. The Balaban J connectivity index is 0. The zero-order valence-electron chi connectivity index (χ0n) is 24.1. The fourth-order valence-electron chi connectivity index (χ4n) is 2.91. The van der Waals surface area contributed by atoms with E-state index in [1.165, 1.54) is 19.3 Å². The van der Waals surface area contributed by atoms with Gasteiger partial charge in [-0.05, 0) is 38.6 Å². The number of rotatable bonds is 11. The number of hydrogen-bond acceptors (Lipinski definition) is 6. The van der Waals surface area contributed by atoms with Gasteiger partial charge in [-0.2, -0.15) is 0 Å². The summed E-state index contributed by atoms with van der Waals surface area (Å²) in [5.74, 6) is 1.89. The van der Waals surface area contributed by atoms with Crippen molar-refractivity contribution in [1.29, 1.82) is 0 Å². The fourth-order valence-corrected chi connectivity index (χ4v) is 2.91. The van der Waals surface area contributed by atoms with Crippen molar-refractivity contribution >= 4 is 29.1 Å². The Morgan fingerprint density at radius 3 is 2.14 bits per heavy atom. The van der Waals surface area contributed by atoms with Gasteiger partial charge in [-0.3, -0.25) is 9.79 Å². The number of unbranched alkanes of at least 4 members (excludes halogenated alkanes) is 2. The molecule has 8 heteroatoms. The summed E-state index contributed by atoms with van der Waals surface area (Å²) in [6, 6.07) is 4.11. The molecule has 1 aromatic rings. The Hall–Kier alpha value is -2.35. The lowest BCUT2D eigenvalue weighted by atomic mass is 10.2. The second-order valence-electron chi connectivity index (χ2n) is 8.10. The Morgan fingerprint density at radius 1 is 1.14 bits per heavy atom. The highest BCUT2D eigenvalue weighted by Crippen LogP contribution is 2.29. The van der Waals surface area contributed by atoms with E-state index in [1.54, 1.807) is 0 Å². The number of carboxylic acid groups (broad SMARTS) is 1. The number of carbonyl (C=O) groups is 1. The van der Waals surface area contributed by atoms with Gasteiger partial charge in [0.2, 0.25) is 0 Å². The summed E-state index contributed by atoms with van der Waals surface area (Å²) in [5.41, 5.74) is 0.919. The highest BCUT2D eigenvalue weighted by Gasteiger charge is 2.21. The number of nitrogens with one attached hydrogen (secondary N) is 2. The molecule has 3 N–H and O–H groups in total. The van der Waals surface area contributed by atoms with Crippen LogP contribution in [-0.2, 0) is 4.79 Å². The minimum Gasteiger partial charge on any atom is -0.481 e. The number of aliphatic carboxylic acids is 1. The second-order valence-corrected chi connectivity index (χ2v) is 8.10. The van der Waals surface area contributed by atoms with Crippen molar-refractivity contribution in [3.63, 3.8) is 0 Å². The predicted octanol–water partition coefficient (Wildman–Crippen LogP) is 5.89. The Kier molecular flexibility index (Phi) is 23.3. The van der Waals surface area contributed by atoms with Crippen molar-refractivity contribution in [2.75, 3.05) is 61.9 Å². The van der Waals surface area contributed by atoms with Crippen LogP contribution < -0.4 is 20.4 Å². The van der Waals surface area contributed by atoms with Crippen molar-refractivity contribution in [1.82, 2.24) is 10.3 Å². The summed E-state index contributed by atoms with van der Waals surface area (Å²) < 4.78 is 0. The van der Waals surface area contributed by atoms with Crippen molar-refractivity contribution in [3.8, 4) is 0 Å². The molecule has 2 heterocycles. The van der Waals surface area contributed by atoms with Crippen LogP contribution in [0.25, 0.3) is 0 Å². The summed E-state index contributed by atoms with van der Waals surface area (Å²) in [6.07, 6.45) is 5.97. The third-order valence-corrected chi connectivity index (χ3v) is 4.76. The van der Waals surface area contributed by atoms with Gasteiger partial charge in [0.25, 0.3) is 0 Å². The Labute approximate surface area is 215 Å². The number of aromatic nitrogens is 1. The minimum absolute atomic E-state index is 0.0444. The molecule has 1 aliphatic heterocycles. The number of pyridine rings is 1. The van der Waals surface area contributed by atoms with E-state index in [2.05, 4.69) is 66.1 Å². The van der Waals surface area contributed by atoms with E-state index in [1.807, 2.05) is 34.0 Å². The molecule has 0 fully saturated rings. The SMILES string of the molecule is CC.CCC.CCCCN(CCCC)c1ccc2c(n1)N(C)CC(=NCCC(=O)O)N2.CCNC. The molecule has 204 valence electrons. The number of carboxylic acids is 1. The van der Waals surface area contributed by atoms with E-state index in [0.717, 1.165) is 55.6 Å². The van der Waals surface area contributed by atoms with Crippen LogP contribution in [0, 0.1) is 0 Å². The first-order valence-electron chi connectivity index (χ1n) is 13.5. The quantitative estimate of drug-likeness (QED) is 0.353. The van der Waals surface area contributed by atoms with E-state index in [4.69, 9.17) is 10.1 Å². The molecule has 1 aliphatic rings. The van der Waals surface area contributed by atoms with Crippen molar-refractivity contribution < 1.29 is 9.90 Å². The van der Waals surface area contributed by atoms with Crippen LogP contribution in [0.1, 0.15) is 87.0 Å². The van der Waals surface area contributed by atoms with Crippen LogP contribution in [0.4, 0.5) is 17.3 Å². The number of likely N-dealkylation sites (N-methyl/N-ethyl adjacent to an activating group) is 1. The second kappa shape index (κ2) is 23.4. The van der Waals surface area contributed by atoms with Crippen LogP contribution in [0.15, 0.2) is 17.1 Å². The standard InChI is InChI=1S/C19H31N5O2.C3H9N.C3H8.C2H6/c1-4-6-12-24(13-7-5-2)17-9-8-15-19(22-17)23(3)14-16(21-15)20-11-10-18(25)26;1-3-4-2;1-3-2;1-2/h8-9H,4-7,10-14H2,1-3H3,(H,20,21)(H,25,26);4H,3H2,1-2H3;3H2,1-2H3;1-2H3. The number of anilines is 3. The molecule has 8 nitrogen and oxygen atoms in total. The van der Waals surface area contributed by atoms with Gasteiger partial charge in [-0.25, -0.2) is 4.98 Å². The van der Waals surface area contributed by atoms with Crippen molar-refractivity contribution in [2.45, 2.75) is 87.0 Å². The van der Waals surface area contributed by atoms with Crippen LogP contribution in [0.5, 0.6) is 0 Å². The molecule has 0 radical (unpaired) electrons. The lowest BCUT2D eigenvalue weighted by molar-refractivity contribution is -0.136. The zero-order chi connectivity index (χ0) is 27.1. The van der Waals surface area contributed by atoms with Crippen LogP contribution >= 0.6 is 0 Å². The van der Waals surface area contributed by atoms with E-state index in [0.29, 0.717) is 6.54 Å². The maximum Gasteiger partial charge on any atom is 0.305 e. The molecule has 0 saturated carbocycles. The zero-order valence-corrected chi connectivity index (χ0v) is 24.1. The maximum atomic E-state index is 10.6. The van der Waals surface area contributed by atoms with Crippen molar-refractivity contribution in [3.05, 3.63) is 12.1 Å². The lowest BCUT2D eigenvalue weighted by Crippen LogP contribution is -2.37. The highest BCUT2D eigenvalue weighted by atomic mass is 16.4. The van der Waals surface area contributed by atoms with Crippen molar-refractivity contribution in [2.24, 2.45) is 4.99 Å². The molecule has 0 aromatic carbocycles. The van der Waals surface area contributed by atoms with Gasteiger partial charge < -0.3 is 25.5 Å². The normalized spacial score (nSPS) is 12.6. The van der Waals surface area contributed by atoms with Gasteiger partial charge in [0.05, 0.1) is 25.2 Å². The summed E-state index contributed by atoms with van der Waals surface area (Å²) in [7, 11) is 3.92. The molecule has 0 aliphatic carbocycles. The van der Waals surface area contributed by atoms with Gasteiger partial charge in [-0.1, -0.05) is 67.7 Å². The molecule has 0 saturated heterocycles. The monoisotopic (exact) mass is 494 g/mol. The fraction of sp³-hybridized carbons (Fsp3) is 0.741. The number of amidine groups is 1. The molecule has 0 bridgehead atoms. The van der Waals surface area contributed by atoms with Crippen LogP contribution in [0.2, 0.25) is 0 Å². The lowest BCUT2D eigenvalue weighted by Gasteiger charge is -2.31. The Bertz CT molecular complexity index is 672. The molecular formula is C27H54N6O2. The summed E-state index contributed by atoms with van der Waals surface area (Å²) in [5, 5.41) is 15.0. The Morgan fingerprint density at radius 2 is 1.69 bits per heavy atom. The average molecular weight is 495 g/mol. The molecular weight excluding hydrogens is 440 g/mol. The smallest absolute Gasteiger partial charge is 0.305 e. The third kappa shape index (κ3) is 16.0. The van der Waals surface area contributed by atoms with Crippen LogP contribution in [0.3, 0.4) is 0 Å². The van der Waals surface area contributed by atoms with E-state index < -0.39 is 5.97 Å². The van der Waals surface area contributed by atoms with Gasteiger partial charge >= 0.3 is 5.97 Å². The number of fused-ring (bicyclic) bond motifs is 1. The molecule has 2 rings (SSSR count). The highest BCUT2D eigenvalue weighted by molar-refractivity contribution is 6.04. The minimum atomic E-state index is -0.829. The van der Waals surface area contributed by atoms with Crippen LogP contribution in [-0.4, -0.2) is 68.7 Å². The first-order valence-corrected chi connectivity index (χ1v) is 13.5. The molecule has 35 heavy (non-hydrogen) atoms. The molecule has 0 amide bonds. The summed E-state index contributed by atoms with van der Waals surface area (Å²) in [4.78, 5) is 24.3. The topological polar surface area (TPSA) is 93.1 Å². The molecule has 0 unspecified atom stereocenters. The number of aliphatic imine (C=N–C) groups is 1. The van der Waals surface area contributed by atoms with Gasteiger partial charge in [0.15, 0.2) is 5.82 Å². The van der Waals surface area contributed by atoms with Gasteiger partial charge in [0.1, 0.15) is 11.7 Å². The third-order valence-electron chi connectivity index (χ3n) is 4.76. The number of hydrogen-bond donors (Lipinski definition) is 3. The van der Waals surface area contributed by atoms with Gasteiger partial charge in [0, 0.05) is 20.1 Å². The molecule has 0 spiro atoms. The summed E-state index contributed by atoms with van der Waals surface area (Å²) in [6.45, 7) is 18.8. The molecule has 1 aromatic heterocycles.